The molecule has 9 heteroatoms. The number of esters is 1. The van der Waals surface area contributed by atoms with Gasteiger partial charge in [0.05, 0.1) is 6.61 Å². The summed E-state index contributed by atoms with van der Waals surface area (Å²) in [6, 6.07) is 1.45. The number of rotatable bonds is 5. The lowest BCUT2D eigenvalue weighted by Gasteiger charge is -2.17. The maximum absolute atomic E-state index is 13.6. The second-order valence-corrected chi connectivity index (χ2v) is 5.89. The van der Waals surface area contributed by atoms with Gasteiger partial charge in [0.25, 0.3) is 0 Å². The van der Waals surface area contributed by atoms with Crippen molar-refractivity contribution in [1.82, 2.24) is 4.31 Å². The molecule has 0 amide bonds. The van der Waals surface area contributed by atoms with Crippen LogP contribution in [-0.4, -0.2) is 38.9 Å². The van der Waals surface area contributed by atoms with Crippen molar-refractivity contribution in [2.75, 3.05) is 25.9 Å². The molecule has 0 heterocycles. The molecule has 1 aromatic rings. The molecule has 1 aromatic carbocycles. The largest absolute Gasteiger partial charge is 0.465 e. The summed E-state index contributed by atoms with van der Waals surface area (Å²) in [7, 11) is -3.34. The maximum Gasteiger partial charge on any atom is 0.321 e. The summed E-state index contributed by atoms with van der Waals surface area (Å²) in [6.07, 6.45) is 0. The minimum atomic E-state index is -4.39. The Morgan fingerprint density at radius 3 is 2.55 bits per heavy atom. The molecule has 0 bridgehead atoms. The average Bonchev–Trinajstić information content (AvgIpc) is 2.33. The smallest absolute Gasteiger partial charge is 0.321 e. The number of nitrogens with zero attached hydrogens (tertiary/aromatic N) is 1. The lowest BCUT2D eigenvalue weighted by atomic mass is 10.3. The number of likely N-dealkylation sites (N-methyl/N-ethyl adjacent to an activating group) is 1. The standard InChI is InChI=1S/C11H14F2N2O4S/c1-3-19-10(16)6-15(2)20(17,18)9-5-7(14)4-8(12)11(9)13/h4-5H,3,6,14H2,1-2H3. The first-order valence-electron chi connectivity index (χ1n) is 5.56. The molecule has 0 spiro atoms. The van der Waals surface area contributed by atoms with E-state index in [0.29, 0.717) is 10.4 Å². The fourth-order valence-electron chi connectivity index (χ4n) is 1.41. The number of anilines is 1. The molecule has 2 N–H and O–H groups in total. The Labute approximate surface area is 115 Å². The first kappa shape index (κ1) is 16.3. The molecular weight excluding hydrogens is 294 g/mol. The van der Waals surface area contributed by atoms with E-state index in [4.69, 9.17) is 5.73 Å². The van der Waals surface area contributed by atoms with Gasteiger partial charge in [0.1, 0.15) is 11.4 Å². The third-order valence-corrected chi connectivity index (χ3v) is 4.17. The normalized spacial score (nSPS) is 11.7. The second-order valence-electron chi connectivity index (χ2n) is 3.88. The van der Waals surface area contributed by atoms with Crippen LogP contribution in [0.5, 0.6) is 0 Å². The van der Waals surface area contributed by atoms with Gasteiger partial charge in [0.15, 0.2) is 11.6 Å². The van der Waals surface area contributed by atoms with Crippen LogP contribution in [0.15, 0.2) is 17.0 Å². The number of benzene rings is 1. The zero-order valence-electron chi connectivity index (χ0n) is 10.9. The fraction of sp³-hybridized carbons (Fsp3) is 0.364. The summed E-state index contributed by atoms with van der Waals surface area (Å²) >= 11 is 0. The molecule has 6 nitrogen and oxygen atoms in total. The highest BCUT2D eigenvalue weighted by Gasteiger charge is 2.28. The molecule has 0 aliphatic rings. The number of nitrogen functional groups attached to an aromatic ring is 1. The molecule has 0 unspecified atom stereocenters. The van der Waals surface area contributed by atoms with E-state index in [-0.39, 0.29) is 12.3 Å². The third kappa shape index (κ3) is 3.42. The van der Waals surface area contributed by atoms with Crippen molar-refractivity contribution in [2.45, 2.75) is 11.8 Å². The summed E-state index contributed by atoms with van der Waals surface area (Å²) in [6.45, 7) is 1.01. The van der Waals surface area contributed by atoms with Crippen LogP contribution in [-0.2, 0) is 19.6 Å². The Balaban J connectivity index is 3.14. The molecule has 0 radical (unpaired) electrons. The third-order valence-electron chi connectivity index (χ3n) is 2.36. The van der Waals surface area contributed by atoms with Crippen LogP contribution in [0.4, 0.5) is 14.5 Å². The maximum atomic E-state index is 13.6. The first-order chi connectivity index (χ1) is 9.20. The minimum Gasteiger partial charge on any atom is -0.465 e. The Kier molecular flexibility index (Phi) is 5.01. The van der Waals surface area contributed by atoms with Crippen molar-refractivity contribution in [1.29, 1.82) is 0 Å². The molecule has 0 fully saturated rings. The molecule has 112 valence electrons. The van der Waals surface area contributed by atoms with Crippen molar-refractivity contribution in [3.63, 3.8) is 0 Å². The molecule has 0 aliphatic carbocycles. The highest BCUT2D eigenvalue weighted by molar-refractivity contribution is 7.89. The van der Waals surface area contributed by atoms with Crippen LogP contribution in [0.1, 0.15) is 6.92 Å². The number of halogens is 2. The Morgan fingerprint density at radius 1 is 1.40 bits per heavy atom. The molecule has 0 aliphatic heterocycles. The number of hydrogen-bond donors (Lipinski definition) is 1. The summed E-state index contributed by atoms with van der Waals surface area (Å²) in [4.78, 5) is 10.3. The van der Waals surface area contributed by atoms with E-state index in [1.807, 2.05) is 0 Å². The number of nitrogens with two attached hydrogens (primary N) is 1. The SMILES string of the molecule is CCOC(=O)CN(C)S(=O)(=O)c1cc(N)cc(F)c1F. The van der Waals surface area contributed by atoms with Crippen LogP contribution in [0, 0.1) is 11.6 Å². The fourth-order valence-corrected chi connectivity index (χ4v) is 2.63. The van der Waals surface area contributed by atoms with Crippen molar-refractivity contribution >= 4 is 21.7 Å². The van der Waals surface area contributed by atoms with Gasteiger partial charge in [0.2, 0.25) is 10.0 Å². The molecule has 0 atom stereocenters. The Bertz CT molecular complexity index is 619. The zero-order valence-corrected chi connectivity index (χ0v) is 11.7. The van der Waals surface area contributed by atoms with Crippen LogP contribution >= 0.6 is 0 Å². The van der Waals surface area contributed by atoms with E-state index < -0.39 is 39.1 Å². The quantitative estimate of drug-likeness (QED) is 0.640. The monoisotopic (exact) mass is 308 g/mol. The van der Waals surface area contributed by atoms with Gasteiger partial charge in [-0.2, -0.15) is 4.31 Å². The summed E-state index contributed by atoms with van der Waals surface area (Å²) < 4.78 is 56.0. The van der Waals surface area contributed by atoms with Gasteiger partial charge in [-0.1, -0.05) is 0 Å². The number of carbonyl (C=O) groups is 1. The van der Waals surface area contributed by atoms with Gasteiger partial charge >= 0.3 is 5.97 Å². The predicted octanol–water partition coefficient (Wildman–Crippen LogP) is 0.731. The van der Waals surface area contributed by atoms with Gasteiger partial charge in [-0.05, 0) is 19.1 Å². The van der Waals surface area contributed by atoms with Gasteiger partial charge in [-0.25, -0.2) is 17.2 Å². The summed E-state index contributed by atoms with van der Waals surface area (Å²) in [5.41, 5.74) is 5.05. The van der Waals surface area contributed by atoms with Crippen LogP contribution < -0.4 is 5.73 Å². The highest BCUT2D eigenvalue weighted by Crippen LogP contribution is 2.23. The lowest BCUT2D eigenvalue weighted by molar-refractivity contribution is -0.143. The summed E-state index contributed by atoms with van der Waals surface area (Å²) in [5, 5.41) is 0. The van der Waals surface area contributed by atoms with Crippen molar-refractivity contribution in [3.8, 4) is 0 Å². The number of hydrogen-bond acceptors (Lipinski definition) is 5. The van der Waals surface area contributed by atoms with Gasteiger partial charge in [-0.3, -0.25) is 4.79 Å². The van der Waals surface area contributed by atoms with E-state index in [0.717, 1.165) is 13.1 Å². The van der Waals surface area contributed by atoms with Crippen LogP contribution in [0.3, 0.4) is 0 Å². The predicted molar refractivity (Wildman–Crippen MR) is 67.2 cm³/mol. The number of sulfonamides is 1. The van der Waals surface area contributed by atoms with Gasteiger partial charge < -0.3 is 10.5 Å². The van der Waals surface area contributed by atoms with E-state index in [1.54, 1.807) is 6.92 Å². The molecule has 1 rings (SSSR count). The summed E-state index contributed by atoms with van der Waals surface area (Å²) in [5.74, 6) is -3.73. The average molecular weight is 308 g/mol. The Hall–Kier alpha value is -1.74. The van der Waals surface area contributed by atoms with Crippen molar-refractivity contribution < 1.29 is 26.7 Å². The van der Waals surface area contributed by atoms with Crippen molar-refractivity contribution in [2.24, 2.45) is 0 Å². The molecule has 0 aromatic heterocycles. The highest BCUT2D eigenvalue weighted by atomic mass is 32.2. The first-order valence-corrected chi connectivity index (χ1v) is 7.00. The lowest BCUT2D eigenvalue weighted by Crippen LogP contribution is -2.33. The zero-order chi connectivity index (χ0) is 15.5. The van der Waals surface area contributed by atoms with Gasteiger partial charge in [0, 0.05) is 12.7 Å². The number of ether oxygens (including phenoxy) is 1. The molecule has 0 saturated heterocycles. The van der Waals surface area contributed by atoms with Crippen LogP contribution in [0.2, 0.25) is 0 Å². The van der Waals surface area contributed by atoms with Crippen molar-refractivity contribution in [3.05, 3.63) is 23.8 Å². The Morgan fingerprint density at radius 2 is 2.00 bits per heavy atom. The topological polar surface area (TPSA) is 89.7 Å². The van der Waals surface area contributed by atoms with E-state index in [9.17, 15) is 22.0 Å². The molecule has 0 saturated carbocycles. The number of carbonyl (C=O) groups excluding carboxylic acids is 1. The molecular formula is C11H14F2N2O4S. The second kappa shape index (κ2) is 6.14. The molecule has 20 heavy (non-hydrogen) atoms. The van der Waals surface area contributed by atoms with E-state index >= 15 is 0 Å². The minimum absolute atomic E-state index is 0.0774. The van der Waals surface area contributed by atoms with Crippen LogP contribution in [0.25, 0.3) is 0 Å². The van der Waals surface area contributed by atoms with E-state index in [2.05, 4.69) is 4.74 Å². The van der Waals surface area contributed by atoms with Gasteiger partial charge in [-0.15, -0.1) is 0 Å². The van der Waals surface area contributed by atoms with E-state index in [1.165, 1.54) is 0 Å².